The van der Waals surface area contributed by atoms with Crippen LogP contribution in [0.25, 0.3) is 0 Å². The molecule has 1 aromatic carbocycles. The Morgan fingerprint density at radius 3 is 2.43 bits per heavy atom. The molecule has 3 aliphatic carbocycles. The molecule has 2 amide bonds. The largest absolute Gasteiger partial charge is 0.465 e. The van der Waals surface area contributed by atoms with Crippen molar-refractivity contribution in [2.24, 2.45) is 34.5 Å². The van der Waals surface area contributed by atoms with Crippen LogP contribution in [-0.4, -0.2) is 49.9 Å². The summed E-state index contributed by atoms with van der Waals surface area (Å²) < 4.78 is 4.79. The van der Waals surface area contributed by atoms with Gasteiger partial charge in [-0.05, 0) is 92.0 Å². The lowest BCUT2D eigenvalue weighted by atomic mass is 9.47. The molecule has 1 aromatic rings. The number of ether oxygens (including phenoxy) is 1. The van der Waals surface area contributed by atoms with Crippen LogP contribution in [0.1, 0.15) is 62.7 Å². The molecule has 0 aromatic heterocycles. The number of rotatable bonds is 3. The van der Waals surface area contributed by atoms with Crippen LogP contribution in [0.2, 0.25) is 0 Å². The first-order chi connectivity index (χ1) is 16.6. The van der Waals surface area contributed by atoms with E-state index >= 15 is 0 Å². The second-order valence-corrected chi connectivity index (χ2v) is 11.7. The smallest absolute Gasteiger partial charge is 0.337 e. The van der Waals surface area contributed by atoms with Gasteiger partial charge in [0, 0.05) is 37.2 Å². The van der Waals surface area contributed by atoms with Crippen molar-refractivity contribution in [2.45, 2.75) is 58.4 Å². The summed E-state index contributed by atoms with van der Waals surface area (Å²) in [5, 5.41) is 0. The van der Waals surface area contributed by atoms with Gasteiger partial charge in [0.1, 0.15) is 0 Å². The number of hydrogen-bond donors (Lipinski definition) is 0. The number of hydrogen-bond acceptors (Lipinski definition) is 4. The highest BCUT2D eigenvalue weighted by Gasteiger charge is 2.61. The quantitative estimate of drug-likeness (QED) is 0.591. The average molecular weight is 479 g/mol. The molecule has 6 heteroatoms. The number of likely N-dealkylation sites (N-methyl/N-ethyl adjacent to an activating group) is 1. The summed E-state index contributed by atoms with van der Waals surface area (Å²) in [6, 6.07) is 7.36. The molecular formula is C29H38N2O4. The highest BCUT2D eigenvalue weighted by Crippen LogP contribution is 2.65. The van der Waals surface area contributed by atoms with E-state index in [1.807, 2.05) is 31.1 Å². The number of anilines is 1. The number of carbonyl (C=O) groups excluding carboxylic acids is 3. The number of fused-ring (bicyclic) bond motifs is 5. The first-order valence-electron chi connectivity index (χ1n) is 13.0. The van der Waals surface area contributed by atoms with Crippen LogP contribution in [0.5, 0.6) is 0 Å². The van der Waals surface area contributed by atoms with Gasteiger partial charge in [-0.25, -0.2) is 4.79 Å². The molecule has 1 heterocycles. The van der Waals surface area contributed by atoms with Crippen LogP contribution >= 0.6 is 0 Å². The summed E-state index contributed by atoms with van der Waals surface area (Å²) in [6.07, 6.45) is 10.4. The molecule has 188 valence electrons. The average Bonchev–Trinajstić information content (AvgIpc) is 3.22. The maximum atomic E-state index is 13.8. The van der Waals surface area contributed by atoms with Gasteiger partial charge in [-0.2, -0.15) is 0 Å². The zero-order valence-electron chi connectivity index (χ0n) is 21.6. The van der Waals surface area contributed by atoms with Crippen molar-refractivity contribution >= 4 is 23.5 Å². The Hall–Kier alpha value is -2.63. The Morgan fingerprint density at radius 1 is 1.03 bits per heavy atom. The predicted octanol–water partition coefficient (Wildman–Crippen LogP) is 4.69. The molecule has 0 bridgehead atoms. The molecule has 3 fully saturated rings. The third kappa shape index (κ3) is 3.54. The van der Waals surface area contributed by atoms with Crippen LogP contribution in [-0.2, 0) is 14.3 Å². The minimum absolute atomic E-state index is 0.00175. The monoisotopic (exact) mass is 478 g/mol. The van der Waals surface area contributed by atoms with Gasteiger partial charge in [0.15, 0.2) is 0 Å². The fourth-order valence-electron chi connectivity index (χ4n) is 8.44. The fraction of sp³-hybridized carbons (Fsp3) is 0.621. The van der Waals surface area contributed by atoms with Crippen molar-refractivity contribution < 1.29 is 19.1 Å². The molecule has 1 aliphatic heterocycles. The second-order valence-electron chi connectivity index (χ2n) is 11.7. The highest BCUT2D eigenvalue weighted by molar-refractivity contribution is 5.96. The molecular weight excluding hydrogens is 440 g/mol. The molecule has 0 unspecified atom stereocenters. The van der Waals surface area contributed by atoms with Crippen molar-refractivity contribution in [3.8, 4) is 0 Å². The van der Waals surface area contributed by atoms with Crippen LogP contribution in [0, 0.1) is 34.5 Å². The second kappa shape index (κ2) is 8.49. The van der Waals surface area contributed by atoms with E-state index in [0.29, 0.717) is 23.3 Å². The maximum Gasteiger partial charge on any atom is 0.337 e. The summed E-state index contributed by atoms with van der Waals surface area (Å²) in [5.74, 6) is 1.64. The number of carbonyl (C=O) groups is 3. The van der Waals surface area contributed by atoms with Crippen molar-refractivity contribution in [1.82, 2.24) is 4.90 Å². The summed E-state index contributed by atoms with van der Waals surface area (Å²) >= 11 is 0. The molecule has 4 aliphatic rings. The lowest BCUT2D eigenvalue weighted by Gasteiger charge is -2.60. The summed E-state index contributed by atoms with van der Waals surface area (Å²) in [7, 11) is 5.18. The van der Waals surface area contributed by atoms with Gasteiger partial charge in [-0.15, -0.1) is 0 Å². The van der Waals surface area contributed by atoms with Crippen LogP contribution < -0.4 is 4.90 Å². The molecule has 0 radical (unpaired) electrons. The summed E-state index contributed by atoms with van der Waals surface area (Å²) in [5.41, 5.74) is 1.31. The first-order valence-corrected chi connectivity index (χ1v) is 13.0. The van der Waals surface area contributed by atoms with E-state index in [1.165, 1.54) is 7.11 Å². The maximum absolute atomic E-state index is 13.8. The van der Waals surface area contributed by atoms with Gasteiger partial charge in [0.25, 0.3) is 0 Å². The Balaban J connectivity index is 1.36. The van der Waals surface area contributed by atoms with E-state index in [4.69, 9.17) is 4.74 Å². The van der Waals surface area contributed by atoms with E-state index in [9.17, 15) is 14.4 Å². The van der Waals surface area contributed by atoms with Gasteiger partial charge in [-0.1, -0.05) is 19.9 Å². The third-order valence-electron chi connectivity index (χ3n) is 10.4. The topological polar surface area (TPSA) is 66.9 Å². The van der Waals surface area contributed by atoms with Crippen LogP contribution in [0.3, 0.4) is 0 Å². The van der Waals surface area contributed by atoms with E-state index in [1.54, 1.807) is 23.1 Å². The van der Waals surface area contributed by atoms with Crippen molar-refractivity contribution in [1.29, 1.82) is 0 Å². The van der Waals surface area contributed by atoms with Gasteiger partial charge >= 0.3 is 5.97 Å². The fourth-order valence-corrected chi connectivity index (χ4v) is 8.44. The normalized spacial score (nSPS) is 37.8. The van der Waals surface area contributed by atoms with Gasteiger partial charge in [0.2, 0.25) is 11.8 Å². The summed E-state index contributed by atoms with van der Waals surface area (Å²) in [6.45, 7) is 4.72. The van der Waals surface area contributed by atoms with Crippen molar-refractivity contribution in [3.63, 3.8) is 0 Å². The highest BCUT2D eigenvalue weighted by atomic mass is 16.5. The number of esters is 1. The van der Waals surface area contributed by atoms with E-state index in [2.05, 4.69) is 19.9 Å². The molecule has 0 spiro atoms. The molecule has 7 atom stereocenters. The van der Waals surface area contributed by atoms with Crippen molar-refractivity contribution in [3.05, 3.63) is 42.0 Å². The van der Waals surface area contributed by atoms with Gasteiger partial charge in [-0.3, -0.25) is 9.59 Å². The number of benzene rings is 1. The van der Waals surface area contributed by atoms with Gasteiger partial charge in [0.05, 0.1) is 12.7 Å². The lowest BCUT2D eigenvalue weighted by Crippen LogP contribution is -2.59. The van der Waals surface area contributed by atoms with E-state index < -0.39 is 0 Å². The molecule has 3 saturated carbocycles. The Morgan fingerprint density at radius 2 is 1.74 bits per heavy atom. The molecule has 0 N–H and O–H groups in total. The number of nitrogens with zero attached hydrogens (tertiary/aromatic N) is 2. The first kappa shape index (κ1) is 24.1. The number of amides is 2. The Bertz CT molecular complexity index is 1060. The number of methoxy groups -OCH3 is 1. The third-order valence-corrected chi connectivity index (χ3v) is 10.4. The molecule has 0 saturated heterocycles. The van der Waals surface area contributed by atoms with E-state index in [-0.39, 0.29) is 40.6 Å². The van der Waals surface area contributed by atoms with Crippen LogP contribution in [0.15, 0.2) is 36.4 Å². The SMILES string of the molecule is COC(=O)c1ccc(N(C)C(=O)[C@H]2CC[C@H]3[C@@H]4CC[C@H]5N(C)C(=O)C=C[C@]5(C)[C@H]4CC[C@]23C)cc1. The zero-order valence-corrected chi connectivity index (χ0v) is 21.6. The minimum atomic E-state index is -0.375. The summed E-state index contributed by atoms with van der Waals surface area (Å²) in [4.78, 5) is 41.6. The Labute approximate surface area is 208 Å². The minimum Gasteiger partial charge on any atom is -0.465 e. The van der Waals surface area contributed by atoms with Crippen molar-refractivity contribution in [2.75, 3.05) is 26.1 Å². The van der Waals surface area contributed by atoms with E-state index in [0.717, 1.165) is 44.2 Å². The predicted molar refractivity (Wildman–Crippen MR) is 135 cm³/mol. The molecule has 5 rings (SSSR count). The molecule has 35 heavy (non-hydrogen) atoms. The Kier molecular flexibility index (Phi) is 5.84. The molecule has 6 nitrogen and oxygen atoms in total. The van der Waals surface area contributed by atoms with Crippen LogP contribution in [0.4, 0.5) is 5.69 Å². The zero-order chi connectivity index (χ0) is 25.1. The standard InChI is InChI=1S/C29H38N2O4/c1-28-16-14-22-20(10-13-24-29(22,2)17-15-25(32)31(24)4)21(28)11-12-23(28)26(33)30(3)19-8-6-18(7-9-19)27(34)35-5/h6-9,15,17,20-24H,10-14,16H2,1-5H3/t20-,21-,22-,23+,24+,28-,29+/m0/s1. The van der Waals surface area contributed by atoms with Gasteiger partial charge < -0.3 is 14.5 Å². The lowest BCUT2D eigenvalue weighted by molar-refractivity contribution is -0.141.